The van der Waals surface area contributed by atoms with E-state index in [1.54, 1.807) is 29.2 Å². The highest BCUT2D eigenvalue weighted by atomic mass is 16.5. The zero-order chi connectivity index (χ0) is 18.5. The number of hydrogen-bond donors (Lipinski definition) is 2. The van der Waals surface area contributed by atoms with Crippen LogP contribution in [0.2, 0.25) is 0 Å². The van der Waals surface area contributed by atoms with Gasteiger partial charge in [0.2, 0.25) is 0 Å². The summed E-state index contributed by atoms with van der Waals surface area (Å²) in [5.74, 6) is -0.181. The third-order valence-electron chi connectivity index (χ3n) is 5.12. The van der Waals surface area contributed by atoms with Crippen molar-refractivity contribution >= 4 is 17.5 Å². The van der Waals surface area contributed by atoms with E-state index in [4.69, 9.17) is 15.2 Å². The standard InChI is InChI=1S/C19H27N3O4/c1-22(15-8-10-25-11-9-15)19(24)13-2-4-14(5-3-13)21-18(23)17-7-6-16(12-20)26-17/h2-5,15-17H,6-12,20H2,1H3,(H,21,23)/t16-,17+/m1/s1. The van der Waals surface area contributed by atoms with Crippen LogP contribution in [0.25, 0.3) is 0 Å². The minimum Gasteiger partial charge on any atom is -0.381 e. The molecule has 1 aromatic rings. The zero-order valence-corrected chi connectivity index (χ0v) is 15.1. The number of benzene rings is 1. The summed E-state index contributed by atoms with van der Waals surface area (Å²) in [6.45, 7) is 1.82. The van der Waals surface area contributed by atoms with Crippen molar-refractivity contribution in [3.05, 3.63) is 29.8 Å². The van der Waals surface area contributed by atoms with E-state index in [1.807, 2.05) is 7.05 Å². The van der Waals surface area contributed by atoms with Gasteiger partial charge in [0.25, 0.3) is 11.8 Å². The first kappa shape index (κ1) is 18.8. The number of ether oxygens (including phenoxy) is 2. The number of hydrogen-bond acceptors (Lipinski definition) is 5. The number of anilines is 1. The van der Waals surface area contributed by atoms with Crippen LogP contribution in [0.5, 0.6) is 0 Å². The average Bonchev–Trinajstić information content (AvgIpc) is 3.17. The summed E-state index contributed by atoms with van der Waals surface area (Å²) in [7, 11) is 1.83. The largest absolute Gasteiger partial charge is 0.381 e. The van der Waals surface area contributed by atoms with Gasteiger partial charge >= 0.3 is 0 Å². The molecule has 0 radical (unpaired) electrons. The van der Waals surface area contributed by atoms with Crippen molar-refractivity contribution in [1.82, 2.24) is 4.90 Å². The molecule has 26 heavy (non-hydrogen) atoms. The van der Waals surface area contributed by atoms with Gasteiger partial charge in [0.05, 0.1) is 6.10 Å². The fourth-order valence-electron chi connectivity index (χ4n) is 3.43. The Hall–Kier alpha value is -1.96. The van der Waals surface area contributed by atoms with Gasteiger partial charge in [0.1, 0.15) is 6.10 Å². The lowest BCUT2D eigenvalue weighted by atomic mass is 10.1. The molecule has 142 valence electrons. The Kier molecular flexibility index (Phi) is 6.24. The van der Waals surface area contributed by atoms with E-state index in [2.05, 4.69) is 5.32 Å². The van der Waals surface area contributed by atoms with E-state index >= 15 is 0 Å². The maximum absolute atomic E-state index is 12.6. The van der Waals surface area contributed by atoms with Crippen LogP contribution in [-0.4, -0.2) is 61.8 Å². The SMILES string of the molecule is CN(C(=O)c1ccc(NC(=O)[C@@H]2CC[C@H](CN)O2)cc1)C1CCOCC1. The second kappa shape index (κ2) is 8.62. The van der Waals surface area contributed by atoms with E-state index in [0.717, 1.165) is 19.3 Å². The molecule has 2 heterocycles. The third-order valence-corrected chi connectivity index (χ3v) is 5.12. The molecular formula is C19H27N3O4. The van der Waals surface area contributed by atoms with E-state index < -0.39 is 6.10 Å². The topological polar surface area (TPSA) is 93.9 Å². The summed E-state index contributed by atoms with van der Waals surface area (Å²) >= 11 is 0. The minimum atomic E-state index is -0.454. The zero-order valence-electron chi connectivity index (χ0n) is 15.1. The lowest BCUT2D eigenvalue weighted by Gasteiger charge is -2.31. The summed E-state index contributed by atoms with van der Waals surface area (Å²) in [6.07, 6.45) is 2.72. The van der Waals surface area contributed by atoms with Crippen LogP contribution in [0.15, 0.2) is 24.3 Å². The highest BCUT2D eigenvalue weighted by Crippen LogP contribution is 2.21. The fraction of sp³-hybridized carbons (Fsp3) is 0.579. The van der Waals surface area contributed by atoms with Crippen molar-refractivity contribution in [2.24, 2.45) is 5.73 Å². The number of carbonyl (C=O) groups is 2. The molecular weight excluding hydrogens is 334 g/mol. The molecule has 3 N–H and O–H groups in total. The number of nitrogens with one attached hydrogen (secondary N) is 1. The van der Waals surface area contributed by atoms with Crippen molar-refractivity contribution in [3.63, 3.8) is 0 Å². The van der Waals surface area contributed by atoms with Crippen LogP contribution in [0.3, 0.4) is 0 Å². The molecule has 0 bridgehead atoms. The van der Waals surface area contributed by atoms with E-state index in [-0.39, 0.29) is 24.0 Å². The second-order valence-electron chi connectivity index (χ2n) is 6.89. The first-order chi connectivity index (χ1) is 12.6. The Morgan fingerprint density at radius 1 is 1.15 bits per heavy atom. The van der Waals surface area contributed by atoms with Crippen LogP contribution in [0.4, 0.5) is 5.69 Å². The first-order valence-corrected chi connectivity index (χ1v) is 9.20. The lowest BCUT2D eigenvalue weighted by Crippen LogP contribution is -2.40. The van der Waals surface area contributed by atoms with Gasteiger partial charge in [-0.25, -0.2) is 0 Å². The summed E-state index contributed by atoms with van der Waals surface area (Å²) in [6, 6.07) is 7.19. The second-order valence-corrected chi connectivity index (χ2v) is 6.89. The van der Waals surface area contributed by atoms with Gasteiger partial charge in [0.15, 0.2) is 0 Å². The maximum Gasteiger partial charge on any atom is 0.253 e. The van der Waals surface area contributed by atoms with Gasteiger partial charge < -0.3 is 25.4 Å². The molecule has 7 heteroatoms. The van der Waals surface area contributed by atoms with Crippen LogP contribution in [0, 0.1) is 0 Å². The number of nitrogens with zero attached hydrogens (tertiary/aromatic N) is 1. The monoisotopic (exact) mass is 361 g/mol. The van der Waals surface area contributed by atoms with Gasteiger partial charge in [-0.3, -0.25) is 9.59 Å². The number of amides is 2. The third kappa shape index (κ3) is 4.41. The van der Waals surface area contributed by atoms with Crippen LogP contribution in [-0.2, 0) is 14.3 Å². The molecule has 2 fully saturated rings. The molecule has 7 nitrogen and oxygen atoms in total. The maximum atomic E-state index is 12.6. The molecule has 2 aliphatic heterocycles. The quantitative estimate of drug-likeness (QED) is 0.826. The van der Waals surface area contributed by atoms with E-state index in [1.165, 1.54) is 0 Å². The van der Waals surface area contributed by atoms with E-state index in [9.17, 15) is 9.59 Å². The van der Waals surface area contributed by atoms with Crippen molar-refractivity contribution < 1.29 is 19.1 Å². The molecule has 0 saturated carbocycles. The number of rotatable bonds is 5. The average molecular weight is 361 g/mol. The normalized spacial score (nSPS) is 23.6. The smallest absolute Gasteiger partial charge is 0.253 e. The molecule has 2 aliphatic rings. The minimum absolute atomic E-state index is 0.0142. The molecule has 2 atom stereocenters. The van der Waals surface area contributed by atoms with Gasteiger partial charge in [-0.2, -0.15) is 0 Å². The predicted molar refractivity (Wildman–Crippen MR) is 98.0 cm³/mol. The molecule has 0 aromatic heterocycles. The van der Waals surface area contributed by atoms with E-state index in [0.29, 0.717) is 37.4 Å². The van der Waals surface area contributed by atoms with Crippen molar-refractivity contribution in [2.75, 3.05) is 32.1 Å². The summed E-state index contributed by atoms with van der Waals surface area (Å²) in [4.78, 5) is 26.7. The number of carbonyl (C=O) groups excluding carboxylic acids is 2. The molecule has 1 aromatic carbocycles. The molecule has 0 aliphatic carbocycles. The molecule has 2 amide bonds. The molecule has 3 rings (SSSR count). The van der Waals surface area contributed by atoms with Crippen molar-refractivity contribution in [3.8, 4) is 0 Å². The van der Waals surface area contributed by atoms with Gasteiger partial charge in [0, 0.05) is 44.1 Å². The molecule has 0 spiro atoms. The van der Waals surface area contributed by atoms with Crippen molar-refractivity contribution in [2.45, 2.75) is 43.9 Å². The van der Waals surface area contributed by atoms with Gasteiger partial charge in [-0.15, -0.1) is 0 Å². The predicted octanol–water partition coefficient (Wildman–Crippen LogP) is 1.38. The Morgan fingerprint density at radius 2 is 1.85 bits per heavy atom. The lowest BCUT2D eigenvalue weighted by molar-refractivity contribution is -0.126. The Bertz CT molecular complexity index is 628. The van der Waals surface area contributed by atoms with Crippen LogP contribution >= 0.6 is 0 Å². The fourth-order valence-corrected chi connectivity index (χ4v) is 3.43. The molecule has 0 unspecified atom stereocenters. The Labute approximate surface area is 153 Å². The van der Waals surface area contributed by atoms with Crippen LogP contribution < -0.4 is 11.1 Å². The van der Waals surface area contributed by atoms with Gasteiger partial charge in [-0.05, 0) is 49.9 Å². The van der Waals surface area contributed by atoms with Gasteiger partial charge in [-0.1, -0.05) is 0 Å². The highest BCUT2D eigenvalue weighted by molar-refractivity contribution is 5.97. The Balaban J connectivity index is 1.56. The highest BCUT2D eigenvalue weighted by Gasteiger charge is 2.30. The summed E-state index contributed by atoms with van der Waals surface area (Å²) in [5.41, 5.74) is 6.83. The molecule has 2 saturated heterocycles. The van der Waals surface area contributed by atoms with Crippen LogP contribution in [0.1, 0.15) is 36.0 Å². The van der Waals surface area contributed by atoms with Crippen molar-refractivity contribution in [1.29, 1.82) is 0 Å². The number of nitrogens with two attached hydrogens (primary N) is 1. The Morgan fingerprint density at radius 3 is 2.46 bits per heavy atom. The summed E-state index contributed by atoms with van der Waals surface area (Å²) in [5, 5.41) is 2.84. The first-order valence-electron chi connectivity index (χ1n) is 9.20. The summed E-state index contributed by atoms with van der Waals surface area (Å²) < 4.78 is 10.9.